The first kappa shape index (κ1) is 25.0. The summed E-state index contributed by atoms with van der Waals surface area (Å²) >= 11 is 0. The van der Waals surface area contributed by atoms with Gasteiger partial charge in [0.05, 0.1) is 23.7 Å². The lowest BCUT2D eigenvalue weighted by molar-refractivity contribution is -0.120. The fourth-order valence-corrected chi connectivity index (χ4v) is 5.31. The number of amides is 1. The Morgan fingerprint density at radius 1 is 0.806 bits per heavy atom. The molecule has 0 saturated heterocycles. The van der Waals surface area contributed by atoms with Crippen molar-refractivity contribution in [2.45, 2.75) is 17.9 Å². The third-order valence-electron chi connectivity index (χ3n) is 5.83. The first-order valence-corrected chi connectivity index (χ1v) is 13.0. The van der Waals surface area contributed by atoms with Crippen LogP contribution in [0.15, 0.2) is 114 Å². The number of hydrogen-bond donors (Lipinski definition) is 1. The zero-order valence-corrected chi connectivity index (χ0v) is 21.0. The summed E-state index contributed by atoms with van der Waals surface area (Å²) in [4.78, 5) is 13.5. The summed E-state index contributed by atoms with van der Waals surface area (Å²) in [6.45, 7) is 1.62. The normalized spacial score (nSPS) is 11.9. The highest BCUT2D eigenvalue weighted by Gasteiger charge is 2.28. The van der Waals surface area contributed by atoms with Crippen molar-refractivity contribution in [1.29, 1.82) is 0 Å². The minimum atomic E-state index is -4.03. The van der Waals surface area contributed by atoms with E-state index in [9.17, 15) is 13.2 Å². The summed E-state index contributed by atoms with van der Waals surface area (Å²) in [5.41, 5.74) is 3.32. The zero-order valence-electron chi connectivity index (χ0n) is 20.2. The van der Waals surface area contributed by atoms with Crippen molar-refractivity contribution in [3.05, 3.63) is 126 Å². The number of nitrogens with zero attached hydrogens (tertiary/aromatic N) is 1. The molecule has 0 aromatic heterocycles. The molecular weight excluding hydrogens is 472 g/mol. The summed E-state index contributed by atoms with van der Waals surface area (Å²) in [6, 6.07) is 31.8. The van der Waals surface area contributed by atoms with Crippen LogP contribution in [0.5, 0.6) is 5.75 Å². The quantitative estimate of drug-likeness (QED) is 0.347. The fraction of sp³-hybridized carbons (Fsp3) is 0.138. The Balaban J connectivity index is 1.66. The predicted molar refractivity (Wildman–Crippen MR) is 142 cm³/mol. The first-order valence-electron chi connectivity index (χ1n) is 11.5. The van der Waals surface area contributed by atoms with E-state index >= 15 is 0 Å². The number of sulfonamides is 1. The fourth-order valence-electron chi connectivity index (χ4n) is 3.88. The van der Waals surface area contributed by atoms with Gasteiger partial charge in [-0.05, 0) is 54.4 Å². The van der Waals surface area contributed by atoms with E-state index in [-0.39, 0.29) is 11.4 Å². The number of ether oxygens (including phenoxy) is 1. The second-order valence-electron chi connectivity index (χ2n) is 8.34. The number of para-hydroxylation sites is 1. The number of carbonyl (C=O) groups is 1. The highest BCUT2D eigenvalue weighted by atomic mass is 32.2. The van der Waals surface area contributed by atoms with Gasteiger partial charge in [-0.25, -0.2) is 8.42 Å². The standard InChI is InChI=1S/C29H28N2O4S/c1-22-13-15-24(16-14-22)29(23-9-5-3-6-10-23)30-28(32)21-31(25-11-7-4-8-12-25)36(33,34)27-19-17-26(35-2)18-20-27/h3-20,29H,21H2,1-2H3,(H,30,32). The molecule has 0 radical (unpaired) electrons. The summed E-state index contributed by atoms with van der Waals surface area (Å²) in [5.74, 6) is 0.118. The Morgan fingerprint density at radius 3 is 1.94 bits per heavy atom. The van der Waals surface area contributed by atoms with E-state index in [0.29, 0.717) is 11.4 Å². The van der Waals surface area contributed by atoms with Gasteiger partial charge in [-0.2, -0.15) is 0 Å². The van der Waals surface area contributed by atoms with Gasteiger partial charge in [-0.15, -0.1) is 0 Å². The maximum atomic E-state index is 13.6. The molecule has 0 spiro atoms. The van der Waals surface area contributed by atoms with Gasteiger partial charge in [-0.1, -0.05) is 78.4 Å². The third kappa shape index (κ3) is 5.75. The molecule has 0 aliphatic heterocycles. The molecule has 0 aliphatic rings. The summed E-state index contributed by atoms with van der Waals surface area (Å²) in [6.07, 6.45) is 0. The Labute approximate surface area is 212 Å². The molecule has 4 aromatic carbocycles. The number of anilines is 1. The lowest BCUT2D eigenvalue weighted by Gasteiger charge is -2.26. The van der Waals surface area contributed by atoms with Crippen molar-refractivity contribution in [3.63, 3.8) is 0 Å². The van der Waals surface area contributed by atoms with Gasteiger partial charge in [0.2, 0.25) is 5.91 Å². The van der Waals surface area contributed by atoms with Crippen molar-refractivity contribution >= 4 is 21.6 Å². The molecule has 0 saturated carbocycles. The molecule has 0 aliphatic carbocycles. The average Bonchev–Trinajstić information content (AvgIpc) is 2.92. The van der Waals surface area contributed by atoms with E-state index < -0.39 is 22.0 Å². The van der Waals surface area contributed by atoms with Crippen LogP contribution in [-0.2, 0) is 14.8 Å². The largest absolute Gasteiger partial charge is 0.497 e. The number of hydrogen-bond acceptors (Lipinski definition) is 4. The predicted octanol–water partition coefficient (Wildman–Crippen LogP) is 5.10. The lowest BCUT2D eigenvalue weighted by Crippen LogP contribution is -2.42. The van der Waals surface area contributed by atoms with Gasteiger partial charge < -0.3 is 10.1 Å². The summed E-state index contributed by atoms with van der Waals surface area (Å²) in [5, 5.41) is 3.05. The SMILES string of the molecule is COc1ccc(S(=O)(=O)N(CC(=O)NC(c2ccccc2)c2ccc(C)cc2)c2ccccc2)cc1. The molecule has 184 valence electrons. The topological polar surface area (TPSA) is 75.7 Å². The van der Waals surface area contributed by atoms with Gasteiger partial charge >= 0.3 is 0 Å². The van der Waals surface area contributed by atoms with Crippen LogP contribution < -0.4 is 14.4 Å². The van der Waals surface area contributed by atoms with E-state index in [1.165, 1.54) is 19.2 Å². The van der Waals surface area contributed by atoms with Gasteiger partial charge in [0.1, 0.15) is 12.3 Å². The van der Waals surface area contributed by atoms with Crippen molar-refractivity contribution < 1.29 is 17.9 Å². The Morgan fingerprint density at radius 2 is 1.36 bits per heavy atom. The maximum Gasteiger partial charge on any atom is 0.264 e. The number of methoxy groups -OCH3 is 1. The van der Waals surface area contributed by atoms with Gasteiger partial charge in [-0.3, -0.25) is 9.10 Å². The molecule has 6 nitrogen and oxygen atoms in total. The van der Waals surface area contributed by atoms with Crippen molar-refractivity contribution in [2.75, 3.05) is 18.0 Å². The smallest absolute Gasteiger partial charge is 0.264 e. The first-order chi connectivity index (χ1) is 17.4. The Hall–Kier alpha value is -4.10. The van der Waals surface area contributed by atoms with Gasteiger partial charge in [0.15, 0.2) is 0 Å². The Kier molecular flexibility index (Phi) is 7.71. The summed E-state index contributed by atoms with van der Waals surface area (Å²) < 4.78 is 33.6. The number of carbonyl (C=O) groups excluding carboxylic acids is 1. The van der Waals surface area contributed by atoms with Gasteiger partial charge in [0, 0.05) is 0 Å². The van der Waals surface area contributed by atoms with E-state index in [2.05, 4.69) is 5.32 Å². The van der Waals surface area contributed by atoms with E-state index in [0.717, 1.165) is 21.0 Å². The van der Waals surface area contributed by atoms with Crippen LogP contribution in [0.1, 0.15) is 22.7 Å². The van der Waals surface area contributed by atoms with Crippen molar-refractivity contribution in [2.24, 2.45) is 0 Å². The third-order valence-corrected chi connectivity index (χ3v) is 7.62. The van der Waals surface area contributed by atoms with Gasteiger partial charge in [0.25, 0.3) is 10.0 Å². The van der Waals surface area contributed by atoms with Crippen LogP contribution in [-0.4, -0.2) is 28.0 Å². The molecule has 7 heteroatoms. The van der Waals surface area contributed by atoms with Crippen LogP contribution in [0.25, 0.3) is 0 Å². The second-order valence-corrected chi connectivity index (χ2v) is 10.2. The van der Waals surface area contributed by atoms with Crippen LogP contribution in [0.3, 0.4) is 0 Å². The molecule has 0 heterocycles. The average molecular weight is 501 g/mol. The van der Waals surface area contributed by atoms with E-state index in [1.807, 2.05) is 61.5 Å². The highest BCUT2D eigenvalue weighted by molar-refractivity contribution is 7.92. The number of aryl methyl sites for hydroxylation is 1. The van der Waals surface area contributed by atoms with E-state index in [4.69, 9.17) is 4.74 Å². The van der Waals surface area contributed by atoms with Crippen LogP contribution >= 0.6 is 0 Å². The van der Waals surface area contributed by atoms with Crippen LogP contribution in [0.2, 0.25) is 0 Å². The summed E-state index contributed by atoms with van der Waals surface area (Å²) in [7, 11) is -2.51. The molecule has 1 unspecified atom stereocenters. The molecule has 4 rings (SSSR count). The van der Waals surface area contributed by atoms with Crippen LogP contribution in [0, 0.1) is 6.92 Å². The van der Waals surface area contributed by atoms with E-state index in [1.54, 1.807) is 42.5 Å². The molecule has 1 amide bonds. The van der Waals surface area contributed by atoms with Crippen molar-refractivity contribution in [1.82, 2.24) is 5.32 Å². The molecule has 1 N–H and O–H groups in total. The monoisotopic (exact) mass is 500 g/mol. The second kappa shape index (κ2) is 11.1. The Bertz CT molecular complexity index is 1390. The molecule has 1 atom stereocenters. The maximum absolute atomic E-state index is 13.6. The highest BCUT2D eigenvalue weighted by Crippen LogP contribution is 2.26. The molecule has 36 heavy (non-hydrogen) atoms. The molecule has 4 aromatic rings. The number of nitrogens with one attached hydrogen (secondary N) is 1. The zero-order chi connectivity index (χ0) is 25.5. The molecule has 0 bridgehead atoms. The minimum Gasteiger partial charge on any atom is -0.497 e. The molecule has 0 fully saturated rings. The van der Waals surface area contributed by atoms with Crippen LogP contribution in [0.4, 0.5) is 5.69 Å². The number of benzene rings is 4. The molecular formula is C29H28N2O4S. The minimum absolute atomic E-state index is 0.0677. The lowest BCUT2D eigenvalue weighted by atomic mass is 9.98. The van der Waals surface area contributed by atoms with Crippen molar-refractivity contribution in [3.8, 4) is 5.75 Å². The number of rotatable bonds is 9.